The molecular weight excluding hydrogens is 501 g/mol. The van der Waals surface area contributed by atoms with Gasteiger partial charge in [-0.3, -0.25) is 19.7 Å². The monoisotopic (exact) mass is 527 g/mol. The van der Waals surface area contributed by atoms with E-state index in [1.54, 1.807) is 55.6 Å². The molecule has 0 radical (unpaired) electrons. The van der Waals surface area contributed by atoms with Crippen LogP contribution in [0.15, 0.2) is 65.8 Å². The normalized spacial score (nSPS) is 11.1. The minimum Gasteiger partial charge on any atom is -0.357 e. The highest BCUT2D eigenvalue weighted by Gasteiger charge is 2.17. The third kappa shape index (κ3) is 5.04. The molecule has 5 aromatic rings. The molecule has 0 bridgehead atoms. The summed E-state index contributed by atoms with van der Waals surface area (Å²) in [5, 5.41) is 13.3. The smallest absolute Gasteiger partial charge is 0.324 e. The number of rotatable bonds is 6. The van der Waals surface area contributed by atoms with Gasteiger partial charge in [0.2, 0.25) is 5.95 Å². The van der Waals surface area contributed by atoms with Gasteiger partial charge in [-0.15, -0.1) is 0 Å². The molecule has 39 heavy (non-hydrogen) atoms. The Bertz CT molecular complexity index is 1750. The first-order valence-corrected chi connectivity index (χ1v) is 12.2. The van der Waals surface area contributed by atoms with E-state index in [0.29, 0.717) is 39.6 Å². The van der Waals surface area contributed by atoms with Gasteiger partial charge in [0.15, 0.2) is 0 Å². The molecule has 0 aliphatic rings. The number of fused-ring (bicyclic) bond motifs is 1. The maximum atomic E-state index is 14.8. The van der Waals surface area contributed by atoms with Gasteiger partial charge in [-0.1, -0.05) is 19.9 Å². The first kappa shape index (κ1) is 25.5. The van der Waals surface area contributed by atoms with Gasteiger partial charge in [-0.25, -0.2) is 18.9 Å². The predicted molar refractivity (Wildman–Crippen MR) is 148 cm³/mol. The summed E-state index contributed by atoms with van der Waals surface area (Å²) in [5.41, 5.74) is 2.19. The van der Waals surface area contributed by atoms with Gasteiger partial charge < -0.3 is 10.6 Å². The second kappa shape index (κ2) is 10.3. The van der Waals surface area contributed by atoms with Crippen molar-refractivity contribution in [2.75, 3.05) is 23.0 Å². The van der Waals surface area contributed by atoms with E-state index < -0.39 is 11.8 Å². The summed E-state index contributed by atoms with van der Waals surface area (Å²) in [4.78, 5) is 38.8. The van der Waals surface area contributed by atoms with Crippen molar-refractivity contribution in [1.82, 2.24) is 29.3 Å². The van der Waals surface area contributed by atoms with Crippen LogP contribution in [0, 0.1) is 5.82 Å². The van der Waals surface area contributed by atoms with Crippen LogP contribution in [-0.2, 0) is 7.05 Å². The fraction of sp³-hybridized carbons (Fsp3) is 0.185. The van der Waals surface area contributed by atoms with E-state index in [2.05, 4.69) is 36.0 Å². The van der Waals surface area contributed by atoms with Gasteiger partial charge in [-0.05, 0) is 41.8 Å². The van der Waals surface area contributed by atoms with Crippen molar-refractivity contribution in [2.24, 2.45) is 7.05 Å². The topological polar surface area (TPSA) is 132 Å². The summed E-state index contributed by atoms with van der Waals surface area (Å²) >= 11 is 0. The molecule has 4 aromatic heterocycles. The van der Waals surface area contributed by atoms with Crippen LogP contribution >= 0.6 is 0 Å². The summed E-state index contributed by atoms with van der Waals surface area (Å²) in [6, 6.07) is 10.4. The Kier molecular flexibility index (Phi) is 6.75. The summed E-state index contributed by atoms with van der Waals surface area (Å²) in [5.74, 6) is 0.234. The molecule has 4 heterocycles. The Hall–Kier alpha value is -5.13. The first-order chi connectivity index (χ1) is 18.7. The van der Waals surface area contributed by atoms with Gasteiger partial charge >= 0.3 is 6.03 Å². The lowest BCUT2D eigenvalue weighted by molar-refractivity contribution is 0.262. The van der Waals surface area contributed by atoms with Gasteiger partial charge in [0.05, 0.1) is 23.3 Å². The summed E-state index contributed by atoms with van der Waals surface area (Å²) in [6.07, 6.45) is 4.86. The zero-order chi connectivity index (χ0) is 27.7. The second-order valence-corrected chi connectivity index (χ2v) is 9.15. The summed E-state index contributed by atoms with van der Waals surface area (Å²) in [6.45, 7) is 3.98. The molecule has 12 heteroatoms. The molecule has 0 aliphatic carbocycles. The van der Waals surface area contributed by atoms with Crippen LogP contribution in [0.4, 0.5) is 26.6 Å². The third-order valence-electron chi connectivity index (χ3n) is 6.15. The molecular formula is C27H26FN9O2. The van der Waals surface area contributed by atoms with Crippen LogP contribution in [0.2, 0.25) is 0 Å². The highest BCUT2D eigenvalue weighted by atomic mass is 19.1. The van der Waals surface area contributed by atoms with Gasteiger partial charge in [0.1, 0.15) is 17.3 Å². The number of carbonyl (C=O) groups is 1. The molecule has 198 valence electrons. The van der Waals surface area contributed by atoms with Crippen LogP contribution in [-0.4, -0.2) is 42.4 Å². The van der Waals surface area contributed by atoms with Crippen LogP contribution < -0.4 is 21.5 Å². The number of aromatic nitrogens is 6. The largest absolute Gasteiger partial charge is 0.357 e. The Morgan fingerprint density at radius 3 is 2.62 bits per heavy atom. The molecule has 0 atom stereocenters. The van der Waals surface area contributed by atoms with E-state index in [1.807, 2.05) is 19.9 Å². The lowest BCUT2D eigenvalue weighted by Crippen LogP contribution is -2.22. The van der Waals surface area contributed by atoms with Crippen molar-refractivity contribution in [2.45, 2.75) is 19.8 Å². The standard InChI is InChI=1S/C27H26FN9O2/c1-15(2)21-12-23(37(35-21)18-6-5-9-30-14-18)33-27(39)32-22-11-16(7-8-20(22)28)19-10-17-13-31-26(29-3)34-24(17)36(4)25(19)38/h5-15H,1-4H3,(H,29,31,34)(H2,32,33,39). The van der Waals surface area contributed by atoms with Crippen molar-refractivity contribution in [1.29, 1.82) is 0 Å². The molecule has 3 N–H and O–H groups in total. The lowest BCUT2D eigenvalue weighted by atomic mass is 10.1. The number of urea groups is 1. The summed E-state index contributed by atoms with van der Waals surface area (Å²) < 4.78 is 17.7. The predicted octanol–water partition coefficient (Wildman–Crippen LogP) is 4.52. The van der Waals surface area contributed by atoms with Crippen LogP contribution in [0.3, 0.4) is 0 Å². The van der Waals surface area contributed by atoms with Crippen LogP contribution in [0.25, 0.3) is 27.8 Å². The maximum Gasteiger partial charge on any atom is 0.324 e. The number of pyridine rings is 2. The number of carbonyl (C=O) groups excluding carboxylic acids is 1. The molecule has 0 spiro atoms. The van der Waals surface area contributed by atoms with Gasteiger partial charge in [-0.2, -0.15) is 10.1 Å². The number of halogens is 1. The molecule has 5 rings (SSSR count). The number of hydrogen-bond acceptors (Lipinski definition) is 7. The van der Waals surface area contributed by atoms with Gasteiger partial charge in [0, 0.05) is 43.5 Å². The number of anilines is 3. The van der Waals surface area contributed by atoms with E-state index >= 15 is 0 Å². The third-order valence-corrected chi connectivity index (χ3v) is 6.15. The molecule has 0 saturated heterocycles. The average Bonchev–Trinajstić information content (AvgIpc) is 3.36. The van der Waals surface area contributed by atoms with Crippen molar-refractivity contribution < 1.29 is 9.18 Å². The van der Waals surface area contributed by atoms with E-state index in [4.69, 9.17) is 0 Å². The van der Waals surface area contributed by atoms with E-state index in [-0.39, 0.29) is 17.2 Å². The molecule has 0 saturated carbocycles. The first-order valence-electron chi connectivity index (χ1n) is 12.2. The number of nitrogens with zero attached hydrogens (tertiary/aromatic N) is 6. The SMILES string of the molecule is CNc1ncc2cc(-c3ccc(F)c(NC(=O)Nc4cc(C(C)C)nn4-c4cccnc4)c3)c(=O)n(C)c2n1. The minimum atomic E-state index is -0.675. The Morgan fingerprint density at radius 2 is 1.90 bits per heavy atom. The van der Waals surface area contributed by atoms with Crippen molar-refractivity contribution in [3.8, 4) is 16.8 Å². The lowest BCUT2D eigenvalue weighted by Gasteiger charge is -2.12. The summed E-state index contributed by atoms with van der Waals surface area (Å²) in [7, 11) is 3.29. The van der Waals surface area contributed by atoms with Gasteiger partial charge in [0.25, 0.3) is 5.56 Å². The highest BCUT2D eigenvalue weighted by Crippen LogP contribution is 2.26. The molecule has 0 aliphatic heterocycles. The van der Waals surface area contributed by atoms with Crippen LogP contribution in [0.1, 0.15) is 25.5 Å². The second-order valence-electron chi connectivity index (χ2n) is 9.15. The maximum absolute atomic E-state index is 14.8. The minimum absolute atomic E-state index is 0.0922. The Morgan fingerprint density at radius 1 is 1.08 bits per heavy atom. The average molecular weight is 528 g/mol. The van der Waals surface area contributed by atoms with E-state index in [9.17, 15) is 14.0 Å². The molecule has 2 amide bonds. The number of aryl methyl sites for hydroxylation is 1. The van der Waals surface area contributed by atoms with Crippen molar-refractivity contribution in [3.63, 3.8) is 0 Å². The molecule has 0 fully saturated rings. The van der Waals surface area contributed by atoms with Crippen LogP contribution in [0.5, 0.6) is 0 Å². The molecule has 0 unspecified atom stereocenters. The van der Waals surface area contributed by atoms with E-state index in [1.165, 1.54) is 22.8 Å². The zero-order valence-electron chi connectivity index (χ0n) is 21.7. The quantitative estimate of drug-likeness (QED) is 0.296. The van der Waals surface area contributed by atoms with Crippen molar-refractivity contribution >= 4 is 34.5 Å². The fourth-order valence-electron chi connectivity index (χ4n) is 4.08. The van der Waals surface area contributed by atoms with E-state index in [0.717, 1.165) is 5.69 Å². The molecule has 11 nitrogen and oxygen atoms in total. The number of amides is 2. The molecule has 1 aromatic carbocycles. The van der Waals surface area contributed by atoms with Crippen molar-refractivity contribution in [3.05, 3.63) is 82.9 Å². The number of nitrogens with one attached hydrogen (secondary N) is 3. The number of hydrogen-bond donors (Lipinski definition) is 3. The zero-order valence-corrected chi connectivity index (χ0v) is 21.7. The Balaban J connectivity index is 1.45. The number of benzene rings is 1. The fourth-order valence-corrected chi connectivity index (χ4v) is 4.08. The highest BCUT2D eigenvalue weighted by molar-refractivity contribution is 6.00. The Labute approximate surface area is 222 Å².